The number of anilines is 1. The van der Waals surface area contributed by atoms with Crippen molar-refractivity contribution in [3.05, 3.63) is 29.8 Å². The van der Waals surface area contributed by atoms with Crippen molar-refractivity contribution in [2.75, 3.05) is 25.1 Å². The Bertz CT molecular complexity index is 480. The summed E-state index contributed by atoms with van der Waals surface area (Å²) >= 11 is 4.91. The molecule has 0 saturated carbocycles. The third-order valence-electron chi connectivity index (χ3n) is 2.73. The highest BCUT2D eigenvalue weighted by Crippen LogP contribution is 2.11. The molecule has 1 aromatic rings. The number of hydrogen-bond acceptors (Lipinski definition) is 4. The second-order valence-corrected chi connectivity index (χ2v) is 5.00. The van der Waals surface area contributed by atoms with Gasteiger partial charge in [0.25, 0.3) is 5.91 Å². The summed E-state index contributed by atoms with van der Waals surface area (Å²) in [5.74, 6) is -0.217. The van der Waals surface area contributed by atoms with E-state index in [2.05, 4.69) is 5.32 Å². The van der Waals surface area contributed by atoms with Gasteiger partial charge in [0.05, 0.1) is 13.2 Å². The van der Waals surface area contributed by atoms with E-state index in [-0.39, 0.29) is 5.91 Å². The molecule has 1 rings (SSSR count). The molecule has 0 fully saturated rings. The second kappa shape index (κ2) is 9.44. The number of rotatable bonds is 9. The highest BCUT2D eigenvalue weighted by Gasteiger charge is 2.13. The first-order valence-corrected chi connectivity index (χ1v) is 7.35. The number of carbonyl (C=O) groups is 1. The van der Waals surface area contributed by atoms with Crippen LogP contribution in [0.25, 0.3) is 0 Å². The number of amides is 1. The summed E-state index contributed by atoms with van der Waals surface area (Å²) in [5, 5.41) is 2.77. The molecule has 0 aromatic heterocycles. The van der Waals surface area contributed by atoms with E-state index < -0.39 is 6.10 Å². The molecule has 3 N–H and O–H groups in total. The average molecular weight is 310 g/mol. The maximum absolute atomic E-state index is 12.0. The average Bonchev–Trinajstić information content (AvgIpc) is 2.47. The van der Waals surface area contributed by atoms with Crippen molar-refractivity contribution in [2.24, 2.45) is 5.73 Å². The van der Waals surface area contributed by atoms with Crippen molar-refractivity contribution >= 4 is 28.8 Å². The van der Waals surface area contributed by atoms with Gasteiger partial charge in [-0.3, -0.25) is 4.79 Å². The summed E-state index contributed by atoms with van der Waals surface area (Å²) < 4.78 is 10.7. The number of ether oxygens (including phenoxy) is 2. The Kier molecular flexibility index (Phi) is 7.89. The Morgan fingerprint density at radius 3 is 2.81 bits per heavy atom. The molecule has 0 heterocycles. The van der Waals surface area contributed by atoms with Crippen molar-refractivity contribution in [3.8, 4) is 0 Å². The second-order valence-electron chi connectivity index (χ2n) is 4.56. The lowest BCUT2D eigenvalue weighted by atomic mass is 10.2. The van der Waals surface area contributed by atoms with Crippen LogP contribution >= 0.6 is 12.2 Å². The summed E-state index contributed by atoms with van der Waals surface area (Å²) in [6, 6.07) is 7.09. The fourth-order valence-electron chi connectivity index (χ4n) is 1.60. The van der Waals surface area contributed by atoms with Gasteiger partial charge in [-0.25, -0.2) is 0 Å². The van der Waals surface area contributed by atoms with Gasteiger partial charge in [-0.15, -0.1) is 0 Å². The minimum atomic E-state index is -0.552. The lowest BCUT2D eigenvalue weighted by Gasteiger charge is -2.14. The van der Waals surface area contributed by atoms with E-state index in [4.69, 9.17) is 27.4 Å². The van der Waals surface area contributed by atoms with Crippen LogP contribution in [0.15, 0.2) is 24.3 Å². The number of benzene rings is 1. The summed E-state index contributed by atoms with van der Waals surface area (Å²) in [4.78, 5) is 12.3. The summed E-state index contributed by atoms with van der Waals surface area (Å²) in [7, 11) is 0. The zero-order chi connectivity index (χ0) is 15.7. The predicted octanol–water partition coefficient (Wildman–Crippen LogP) is 2.09. The molecule has 1 aromatic carbocycles. The van der Waals surface area contributed by atoms with Gasteiger partial charge < -0.3 is 20.5 Å². The molecule has 0 aliphatic rings. The van der Waals surface area contributed by atoms with E-state index in [1.807, 2.05) is 6.92 Å². The molecule has 116 valence electrons. The third-order valence-corrected chi connectivity index (χ3v) is 2.96. The largest absolute Gasteiger partial charge is 0.389 e. The van der Waals surface area contributed by atoms with Gasteiger partial charge >= 0.3 is 0 Å². The van der Waals surface area contributed by atoms with Crippen LogP contribution in [0.5, 0.6) is 0 Å². The molecule has 0 saturated heterocycles. The predicted molar refractivity (Wildman–Crippen MR) is 87.5 cm³/mol. The zero-order valence-corrected chi connectivity index (χ0v) is 13.2. The van der Waals surface area contributed by atoms with E-state index in [1.165, 1.54) is 0 Å². The van der Waals surface area contributed by atoms with Gasteiger partial charge in [0.15, 0.2) is 0 Å². The standard InChI is InChI=1S/C15H22N2O3S/c1-3-7-19-8-9-20-11(2)15(18)17-13-6-4-5-12(10-13)14(16)21/h4-6,10-11H,3,7-9H2,1-2H3,(H2,16,21)(H,17,18). The minimum absolute atomic E-state index is 0.217. The van der Waals surface area contributed by atoms with Crippen molar-refractivity contribution in [1.29, 1.82) is 0 Å². The molecule has 1 unspecified atom stereocenters. The fraction of sp³-hybridized carbons (Fsp3) is 0.467. The molecular weight excluding hydrogens is 288 g/mol. The number of hydrogen-bond donors (Lipinski definition) is 2. The summed E-state index contributed by atoms with van der Waals surface area (Å²) in [5.41, 5.74) is 6.91. The van der Waals surface area contributed by atoms with Gasteiger partial charge in [0.1, 0.15) is 11.1 Å². The molecule has 21 heavy (non-hydrogen) atoms. The molecule has 6 heteroatoms. The highest BCUT2D eigenvalue weighted by atomic mass is 32.1. The molecule has 0 radical (unpaired) electrons. The normalized spacial score (nSPS) is 11.9. The van der Waals surface area contributed by atoms with Crippen LogP contribution in [0, 0.1) is 0 Å². The quantitative estimate of drug-likeness (QED) is 0.540. The first kappa shape index (κ1) is 17.6. The Balaban J connectivity index is 2.41. The highest BCUT2D eigenvalue weighted by molar-refractivity contribution is 7.80. The zero-order valence-electron chi connectivity index (χ0n) is 12.4. The van der Waals surface area contributed by atoms with E-state index in [1.54, 1.807) is 31.2 Å². The van der Waals surface area contributed by atoms with Gasteiger partial charge in [0, 0.05) is 17.9 Å². The lowest BCUT2D eigenvalue weighted by Crippen LogP contribution is -2.29. The number of thiocarbonyl (C=S) groups is 1. The Morgan fingerprint density at radius 2 is 2.14 bits per heavy atom. The van der Waals surface area contributed by atoms with E-state index in [0.29, 0.717) is 36.1 Å². The van der Waals surface area contributed by atoms with Gasteiger partial charge in [-0.1, -0.05) is 31.3 Å². The first-order valence-electron chi connectivity index (χ1n) is 6.94. The van der Waals surface area contributed by atoms with Gasteiger partial charge in [-0.2, -0.15) is 0 Å². The molecule has 0 aliphatic carbocycles. The van der Waals surface area contributed by atoms with Crippen LogP contribution < -0.4 is 11.1 Å². The van der Waals surface area contributed by atoms with Crippen LogP contribution in [0.1, 0.15) is 25.8 Å². The van der Waals surface area contributed by atoms with E-state index in [0.717, 1.165) is 6.42 Å². The lowest BCUT2D eigenvalue weighted by molar-refractivity contribution is -0.127. The van der Waals surface area contributed by atoms with Crippen molar-refractivity contribution in [3.63, 3.8) is 0 Å². The molecule has 1 atom stereocenters. The van der Waals surface area contributed by atoms with Crippen LogP contribution in [-0.4, -0.2) is 36.8 Å². The van der Waals surface area contributed by atoms with Crippen molar-refractivity contribution < 1.29 is 14.3 Å². The fourth-order valence-corrected chi connectivity index (χ4v) is 1.73. The van der Waals surface area contributed by atoms with Crippen molar-refractivity contribution in [2.45, 2.75) is 26.4 Å². The van der Waals surface area contributed by atoms with Crippen LogP contribution in [0.4, 0.5) is 5.69 Å². The van der Waals surface area contributed by atoms with Crippen LogP contribution in [0.3, 0.4) is 0 Å². The summed E-state index contributed by atoms with van der Waals surface area (Å²) in [6.45, 7) is 5.32. The molecule has 1 amide bonds. The molecule has 0 aliphatic heterocycles. The minimum Gasteiger partial charge on any atom is -0.389 e. The molecular formula is C15H22N2O3S. The van der Waals surface area contributed by atoms with E-state index in [9.17, 15) is 4.79 Å². The molecule has 0 spiro atoms. The Morgan fingerprint density at radius 1 is 1.38 bits per heavy atom. The summed E-state index contributed by atoms with van der Waals surface area (Å²) in [6.07, 6.45) is 0.416. The maximum Gasteiger partial charge on any atom is 0.253 e. The first-order chi connectivity index (χ1) is 10.0. The van der Waals surface area contributed by atoms with E-state index >= 15 is 0 Å². The van der Waals surface area contributed by atoms with Crippen molar-refractivity contribution in [1.82, 2.24) is 0 Å². The Hall–Kier alpha value is -1.50. The maximum atomic E-state index is 12.0. The number of carbonyl (C=O) groups excluding carboxylic acids is 1. The van der Waals surface area contributed by atoms with Gasteiger partial charge in [0.2, 0.25) is 0 Å². The Labute approximate surface area is 130 Å². The van der Waals surface area contributed by atoms with Crippen LogP contribution in [-0.2, 0) is 14.3 Å². The molecule has 0 bridgehead atoms. The number of nitrogens with two attached hydrogens (primary N) is 1. The smallest absolute Gasteiger partial charge is 0.253 e. The number of nitrogens with one attached hydrogen (secondary N) is 1. The SMILES string of the molecule is CCCOCCOC(C)C(=O)Nc1cccc(C(N)=S)c1. The monoisotopic (exact) mass is 310 g/mol. The molecule has 5 nitrogen and oxygen atoms in total. The third kappa shape index (κ3) is 6.66. The van der Waals surface area contributed by atoms with Crippen LogP contribution in [0.2, 0.25) is 0 Å². The van der Waals surface area contributed by atoms with Gasteiger partial charge in [-0.05, 0) is 25.5 Å². The topological polar surface area (TPSA) is 73.6 Å².